The zero-order valence-corrected chi connectivity index (χ0v) is 17.9. The highest BCUT2D eigenvalue weighted by Gasteiger charge is 2.32. The first-order chi connectivity index (χ1) is 12.4. The van der Waals surface area contributed by atoms with Crippen molar-refractivity contribution in [3.8, 4) is 5.75 Å². The third kappa shape index (κ3) is 3.68. The van der Waals surface area contributed by atoms with Crippen LogP contribution in [0.3, 0.4) is 0 Å². The Balaban J connectivity index is 1.92. The molecule has 0 bridgehead atoms. The Morgan fingerprint density at radius 2 is 1.58 bits per heavy atom. The van der Waals surface area contributed by atoms with Gasteiger partial charge in [-0.25, -0.2) is 4.79 Å². The third-order valence-electron chi connectivity index (χ3n) is 3.80. The number of carbonyl (C=O) groups is 3. The fraction of sp³-hybridized carbons (Fsp3) is 0.105. The average Bonchev–Trinajstić information content (AvgIpc) is 2.86. The van der Waals surface area contributed by atoms with E-state index in [9.17, 15) is 14.4 Å². The van der Waals surface area contributed by atoms with Crippen molar-refractivity contribution in [2.45, 2.75) is 0 Å². The van der Waals surface area contributed by atoms with Crippen molar-refractivity contribution >= 4 is 68.8 Å². The molecule has 0 spiro atoms. The van der Waals surface area contributed by atoms with Gasteiger partial charge in [0.05, 0.1) is 19.8 Å². The second-order valence-electron chi connectivity index (χ2n) is 5.44. The zero-order chi connectivity index (χ0) is 18.8. The van der Waals surface area contributed by atoms with Crippen LogP contribution in [0, 0.1) is 7.14 Å². The lowest BCUT2D eigenvalue weighted by atomic mass is 10.1. The van der Waals surface area contributed by atoms with E-state index in [1.807, 2.05) is 0 Å². The van der Waals surface area contributed by atoms with Gasteiger partial charge < -0.3 is 9.47 Å². The topological polar surface area (TPSA) is 69.7 Å². The Bertz CT molecular complexity index is 902. The van der Waals surface area contributed by atoms with Crippen molar-refractivity contribution in [2.24, 2.45) is 0 Å². The van der Waals surface area contributed by atoms with E-state index in [4.69, 9.17) is 4.74 Å². The molecular weight excluding hydrogens is 562 g/mol. The minimum Gasteiger partial charge on any atom is -0.480 e. The van der Waals surface area contributed by atoms with Crippen molar-refractivity contribution in [2.75, 3.05) is 13.7 Å². The van der Waals surface area contributed by atoms with Crippen LogP contribution in [0.25, 0.3) is 6.08 Å². The Morgan fingerprint density at radius 1 is 1.04 bits per heavy atom. The average molecular weight is 574 g/mol. The number of benzene rings is 2. The monoisotopic (exact) mass is 574 g/mol. The lowest BCUT2D eigenvalue weighted by Crippen LogP contribution is -2.13. The van der Waals surface area contributed by atoms with Crippen LogP contribution < -0.4 is 4.74 Å². The number of ketones is 2. The molecule has 0 radical (unpaired) electrons. The van der Waals surface area contributed by atoms with E-state index in [-0.39, 0.29) is 23.7 Å². The van der Waals surface area contributed by atoms with Gasteiger partial charge in [-0.2, -0.15) is 0 Å². The number of methoxy groups -OCH3 is 1. The molecule has 1 aliphatic carbocycles. The van der Waals surface area contributed by atoms with E-state index in [1.165, 1.54) is 7.11 Å². The van der Waals surface area contributed by atoms with E-state index < -0.39 is 5.97 Å². The molecule has 2 aromatic rings. The Hall–Kier alpha value is -1.75. The maximum absolute atomic E-state index is 12.5. The van der Waals surface area contributed by atoms with E-state index in [2.05, 4.69) is 49.9 Å². The molecule has 3 rings (SSSR count). The van der Waals surface area contributed by atoms with Gasteiger partial charge in [0.1, 0.15) is 5.75 Å². The van der Waals surface area contributed by atoms with Crippen molar-refractivity contribution < 1.29 is 23.9 Å². The van der Waals surface area contributed by atoms with Crippen LogP contribution in [-0.4, -0.2) is 31.3 Å². The van der Waals surface area contributed by atoms with Crippen LogP contribution >= 0.6 is 45.2 Å². The predicted molar refractivity (Wildman–Crippen MR) is 112 cm³/mol. The minimum atomic E-state index is -0.470. The smallest absolute Gasteiger partial charge is 0.343 e. The van der Waals surface area contributed by atoms with Gasteiger partial charge in [0.15, 0.2) is 18.2 Å². The second-order valence-corrected chi connectivity index (χ2v) is 7.76. The summed E-state index contributed by atoms with van der Waals surface area (Å²) in [6.45, 7) is -0.185. The summed E-state index contributed by atoms with van der Waals surface area (Å²) < 4.78 is 11.6. The minimum absolute atomic E-state index is 0.154. The summed E-state index contributed by atoms with van der Waals surface area (Å²) in [5, 5.41) is 0. The Labute approximate surface area is 177 Å². The number of allylic oxidation sites excluding steroid dienone is 1. The fourth-order valence-corrected chi connectivity index (χ4v) is 4.69. The maximum Gasteiger partial charge on any atom is 0.343 e. The van der Waals surface area contributed by atoms with Crippen molar-refractivity contribution in [1.29, 1.82) is 0 Å². The van der Waals surface area contributed by atoms with Crippen LogP contribution in [0.4, 0.5) is 0 Å². The van der Waals surface area contributed by atoms with E-state index >= 15 is 0 Å². The summed E-state index contributed by atoms with van der Waals surface area (Å²) in [5.74, 6) is -0.433. The molecule has 26 heavy (non-hydrogen) atoms. The molecule has 5 nitrogen and oxygen atoms in total. The van der Waals surface area contributed by atoms with Crippen molar-refractivity contribution in [3.63, 3.8) is 0 Å². The molecule has 0 aliphatic heterocycles. The first-order valence-corrected chi connectivity index (χ1v) is 9.67. The highest BCUT2D eigenvalue weighted by Crippen LogP contribution is 2.32. The number of carbonyl (C=O) groups excluding carboxylic acids is 3. The van der Waals surface area contributed by atoms with Crippen molar-refractivity contribution in [3.05, 3.63) is 65.8 Å². The molecule has 0 aromatic heterocycles. The summed E-state index contributed by atoms with van der Waals surface area (Å²) in [7, 11) is 1.30. The number of rotatable bonds is 4. The third-order valence-corrected chi connectivity index (χ3v) is 5.40. The van der Waals surface area contributed by atoms with Gasteiger partial charge in [-0.1, -0.05) is 24.3 Å². The molecule has 0 fully saturated rings. The molecule has 0 unspecified atom stereocenters. The van der Waals surface area contributed by atoms with Gasteiger partial charge in [0, 0.05) is 11.1 Å². The van der Waals surface area contributed by atoms with E-state index in [0.717, 1.165) is 7.14 Å². The molecule has 0 heterocycles. The zero-order valence-electron chi connectivity index (χ0n) is 13.5. The summed E-state index contributed by atoms with van der Waals surface area (Å²) in [6.07, 6.45) is 1.60. The lowest BCUT2D eigenvalue weighted by molar-refractivity contribution is -0.142. The summed E-state index contributed by atoms with van der Waals surface area (Å²) in [4.78, 5) is 36.2. The Kier molecular flexibility index (Phi) is 5.76. The number of ether oxygens (including phenoxy) is 2. The molecule has 1 aliphatic rings. The van der Waals surface area contributed by atoms with Gasteiger partial charge >= 0.3 is 5.97 Å². The Morgan fingerprint density at radius 3 is 2.08 bits per heavy atom. The van der Waals surface area contributed by atoms with Gasteiger partial charge in [-0.05, 0) is 69.0 Å². The van der Waals surface area contributed by atoms with Gasteiger partial charge in [0.2, 0.25) is 0 Å². The first-order valence-electron chi connectivity index (χ1n) is 7.51. The summed E-state index contributed by atoms with van der Waals surface area (Å²) in [5.41, 5.74) is 1.74. The molecule has 0 amide bonds. The lowest BCUT2D eigenvalue weighted by Gasteiger charge is -2.10. The molecule has 2 aromatic carbocycles. The van der Waals surface area contributed by atoms with Gasteiger partial charge in [-0.15, -0.1) is 0 Å². The number of fused-ring (bicyclic) bond motifs is 1. The maximum atomic E-state index is 12.5. The van der Waals surface area contributed by atoms with Gasteiger partial charge in [-0.3, -0.25) is 9.59 Å². The highest BCUT2D eigenvalue weighted by molar-refractivity contribution is 14.1. The SMILES string of the molecule is COC(=O)COc1c(I)cc(C=C2C(=O)c3ccccc3C2=O)cc1I. The number of hydrogen-bond donors (Lipinski definition) is 0. The van der Waals surface area contributed by atoms with Crippen LogP contribution in [0.15, 0.2) is 42.0 Å². The fourth-order valence-electron chi connectivity index (χ4n) is 2.56. The normalized spacial score (nSPS) is 12.8. The van der Waals surface area contributed by atoms with Crippen LogP contribution in [0.1, 0.15) is 26.3 Å². The molecule has 132 valence electrons. The van der Waals surface area contributed by atoms with E-state index in [0.29, 0.717) is 22.4 Å². The molecule has 0 atom stereocenters. The number of esters is 1. The summed E-state index contributed by atoms with van der Waals surface area (Å²) >= 11 is 4.17. The number of halogens is 2. The quantitative estimate of drug-likeness (QED) is 0.240. The standard InChI is InChI=1S/C19H12I2O5/c1-25-16(22)9-26-19-14(20)7-10(8-15(19)21)6-13-17(23)11-4-2-3-5-12(11)18(13)24/h2-8H,9H2,1H3. The first kappa shape index (κ1) is 19.0. The molecular formula is C19H12I2O5. The van der Waals surface area contributed by atoms with Gasteiger partial charge in [0.25, 0.3) is 0 Å². The van der Waals surface area contributed by atoms with E-state index in [1.54, 1.807) is 42.5 Å². The van der Waals surface area contributed by atoms with Crippen LogP contribution in [0.2, 0.25) is 0 Å². The molecule has 0 saturated carbocycles. The molecule has 0 saturated heterocycles. The largest absolute Gasteiger partial charge is 0.480 e. The van der Waals surface area contributed by atoms with Crippen LogP contribution in [0.5, 0.6) is 5.75 Å². The number of Topliss-reactive ketones (excluding diaryl/α,β-unsaturated/α-hetero) is 2. The highest BCUT2D eigenvalue weighted by atomic mass is 127. The predicted octanol–water partition coefficient (Wildman–Crippen LogP) is 3.91. The second kappa shape index (κ2) is 7.87. The van der Waals surface area contributed by atoms with Crippen LogP contribution in [-0.2, 0) is 9.53 Å². The molecule has 0 N–H and O–H groups in total. The summed E-state index contributed by atoms with van der Waals surface area (Å²) in [6, 6.07) is 10.4. The molecule has 7 heteroatoms. The number of hydrogen-bond acceptors (Lipinski definition) is 5. The van der Waals surface area contributed by atoms with Crippen molar-refractivity contribution in [1.82, 2.24) is 0 Å².